The molecule has 0 aliphatic carbocycles. The summed E-state index contributed by atoms with van der Waals surface area (Å²) in [6, 6.07) is 1.01. The van der Waals surface area contributed by atoms with Crippen LogP contribution in [0.5, 0.6) is 0 Å². The van der Waals surface area contributed by atoms with Crippen LogP contribution < -0.4 is 5.32 Å². The zero-order valence-electron chi connectivity index (χ0n) is 10.8. The molecule has 3 heterocycles. The smallest absolute Gasteiger partial charge is 0.254 e. The van der Waals surface area contributed by atoms with Crippen molar-refractivity contribution in [2.75, 3.05) is 13.1 Å². The average molecular weight is 248 g/mol. The topological polar surface area (TPSA) is 61.0 Å². The Kier molecular flexibility index (Phi) is 3.07. The van der Waals surface area contributed by atoms with Crippen LogP contribution in [0.1, 0.15) is 41.7 Å². The maximum atomic E-state index is 12.1. The van der Waals surface area contributed by atoms with Crippen molar-refractivity contribution in [3.05, 3.63) is 17.5 Å². The number of amides is 1. The molecule has 2 fully saturated rings. The predicted molar refractivity (Wildman–Crippen MR) is 68.4 cm³/mol. The van der Waals surface area contributed by atoms with Gasteiger partial charge in [0.05, 0.1) is 11.8 Å². The minimum Gasteiger partial charge on any atom is -0.349 e. The number of carbonyl (C=O) groups is 1. The van der Waals surface area contributed by atoms with Crippen LogP contribution in [0.25, 0.3) is 0 Å². The normalized spacial score (nSPS) is 28.1. The molecular weight excluding hydrogens is 228 g/mol. The lowest BCUT2D eigenvalue weighted by atomic mass is 9.97. The van der Waals surface area contributed by atoms with Crippen molar-refractivity contribution in [1.29, 1.82) is 0 Å². The van der Waals surface area contributed by atoms with E-state index in [2.05, 4.69) is 20.4 Å². The molecule has 0 radical (unpaired) electrons. The summed E-state index contributed by atoms with van der Waals surface area (Å²) < 4.78 is 0. The van der Waals surface area contributed by atoms with Gasteiger partial charge in [-0.2, -0.15) is 5.10 Å². The van der Waals surface area contributed by atoms with Crippen LogP contribution in [-0.2, 0) is 0 Å². The van der Waals surface area contributed by atoms with Crippen LogP contribution >= 0.6 is 0 Å². The van der Waals surface area contributed by atoms with E-state index in [1.807, 2.05) is 6.92 Å². The second-order valence-electron chi connectivity index (χ2n) is 5.44. The van der Waals surface area contributed by atoms with Gasteiger partial charge in [-0.15, -0.1) is 0 Å². The SMILES string of the molecule is Cc1[nH]ncc1C(=O)NC1CCN2CCCC2C1. The summed E-state index contributed by atoms with van der Waals surface area (Å²) in [6.07, 6.45) is 6.38. The Morgan fingerprint density at radius 2 is 2.39 bits per heavy atom. The summed E-state index contributed by atoms with van der Waals surface area (Å²) in [5, 5.41) is 9.85. The minimum atomic E-state index is 0.0118. The van der Waals surface area contributed by atoms with Gasteiger partial charge in [0.15, 0.2) is 0 Å². The summed E-state index contributed by atoms with van der Waals surface area (Å²) in [5.74, 6) is 0.0118. The zero-order chi connectivity index (χ0) is 12.5. The number of nitrogens with zero attached hydrogens (tertiary/aromatic N) is 2. The van der Waals surface area contributed by atoms with Crippen molar-refractivity contribution in [3.8, 4) is 0 Å². The van der Waals surface area contributed by atoms with Gasteiger partial charge in [0, 0.05) is 24.3 Å². The van der Waals surface area contributed by atoms with Gasteiger partial charge >= 0.3 is 0 Å². The standard InChI is InChI=1S/C13H20N4O/c1-9-12(8-14-16-9)13(18)15-10-4-6-17-5-2-3-11(17)7-10/h8,10-11H,2-7H2,1H3,(H,14,16)(H,15,18). The fourth-order valence-electron chi connectivity index (χ4n) is 3.20. The van der Waals surface area contributed by atoms with Crippen LogP contribution in [0.3, 0.4) is 0 Å². The molecule has 1 aromatic heterocycles. The van der Waals surface area contributed by atoms with Gasteiger partial charge < -0.3 is 10.2 Å². The molecule has 2 aliphatic heterocycles. The lowest BCUT2D eigenvalue weighted by Gasteiger charge is -2.35. The van der Waals surface area contributed by atoms with Crippen molar-refractivity contribution in [1.82, 2.24) is 20.4 Å². The van der Waals surface area contributed by atoms with E-state index in [-0.39, 0.29) is 5.91 Å². The molecule has 1 amide bonds. The molecule has 98 valence electrons. The first-order valence-electron chi connectivity index (χ1n) is 6.79. The van der Waals surface area contributed by atoms with Gasteiger partial charge in [-0.05, 0) is 39.2 Å². The first-order chi connectivity index (χ1) is 8.74. The molecule has 2 N–H and O–H groups in total. The number of aromatic amines is 1. The summed E-state index contributed by atoms with van der Waals surface area (Å²) in [7, 11) is 0. The molecule has 0 saturated carbocycles. The van der Waals surface area contributed by atoms with Crippen molar-refractivity contribution >= 4 is 5.91 Å². The fraction of sp³-hybridized carbons (Fsp3) is 0.692. The maximum Gasteiger partial charge on any atom is 0.254 e. The highest BCUT2D eigenvalue weighted by molar-refractivity contribution is 5.95. The van der Waals surface area contributed by atoms with E-state index >= 15 is 0 Å². The molecule has 0 bridgehead atoms. The number of carbonyl (C=O) groups excluding carboxylic acids is 1. The Labute approximate surface area is 107 Å². The molecule has 0 spiro atoms. The van der Waals surface area contributed by atoms with Crippen molar-refractivity contribution in [2.24, 2.45) is 0 Å². The number of fused-ring (bicyclic) bond motifs is 1. The molecule has 5 nitrogen and oxygen atoms in total. The first-order valence-corrected chi connectivity index (χ1v) is 6.79. The summed E-state index contributed by atoms with van der Waals surface area (Å²) >= 11 is 0. The Hall–Kier alpha value is -1.36. The Balaban J connectivity index is 1.60. The number of piperidine rings is 1. The number of aryl methyl sites for hydroxylation is 1. The molecule has 1 aromatic rings. The van der Waals surface area contributed by atoms with Crippen LogP contribution in [0.4, 0.5) is 0 Å². The average Bonchev–Trinajstić information content (AvgIpc) is 2.96. The molecule has 0 aromatic carbocycles. The Bertz CT molecular complexity index is 442. The summed E-state index contributed by atoms with van der Waals surface area (Å²) in [6.45, 7) is 4.24. The van der Waals surface area contributed by atoms with Gasteiger partial charge in [0.1, 0.15) is 0 Å². The van der Waals surface area contributed by atoms with Gasteiger partial charge in [-0.1, -0.05) is 0 Å². The van der Waals surface area contributed by atoms with E-state index in [1.165, 1.54) is 19.4 Å². The van der Waals surface area contributed by atoms with Gasteiger partial charge in [0.2, 0.25) is 0 Å². The van der Waals surface area contributed by atoms with E-state index < -0.39 is 0 Å². The van der Waals surface area contributed by atoms with Crippen LogP contribution in [0.2, 0.25) is 0 Å². The van der Waals surface area contributed by atoms with Crippen molar-refractivity contribution in [3.63, 3.8) is 0 Å². The molecule has 2 aliphatic rings. The number of rotatable bonds is 2. The van der Waals surface area contributed by atoms with Crippen LogP contribution in [-0.4, -0.2) is 46.2 Å². The third kappa shape index (κ3) is 2.14. The second-order valence-corrected chi connectivity index (χ2v) is 5.44. The maximum absolute atomic E-state index is 12.1. The number of hydrogen-bond acceptors (Lipinski definition) is 3. The second kappa shape index (κ2) is 4.72. The number of hydrogen-bond donors (Lipinski definition) is 2. The molecular formula is C13H20N4O. The summed E-state index contributed by atoms with van der Waals surface area (Å²) in [5.41, 5.74) is 1.51. The van der Waals surface area contributed by atoms with Gasteiger partial charge in [-0.3, -0.25) is 9.89 Å². The third-order valence-corrected chi connectivity index (χ3v) is 4.23. The minimum absolute atomic E-state index is 0.0118. The predicted octanol–water partition coefficient (Wildman–Crippen LogP) is 1.07. The number of nitrogens with one attached hydrogen (secondary N) is 2. The highest BCUT2D eigenvalue weighted by Gasteiger charge is 2.32. The van der Waals surface area contributed by atoms with Crippen molar-refractivity contribution < 1.29 is 4.79 Å². The molecule has 2 saturated heterocycles. The molecule has 2 unspecified atom stereocenters. The van der Waals surface area contributed by atoms with Crippen LogP contribution in [0, 0.1) is 6.92 Å². The number of aromatic nitrogens is 2. The fourth-order valence-corrected chi connectivity index (χ4v) is 3.20. The monoisotopic (exact) mass is 248 g/mol. The van der Waals surface area contributed by atoms with E-state index in [1.54, 1.807) is 6.20 Å². The van der Waals surface area contributed by atoms with Crippen LogP contribution in [0.15, 0.2) is 6.20 Å². The third-order valence-electron chi connectivity index (χ3n) is 4.23. The Morgan fingerprint density at radius 3 is 3.17 bits per heavy atom. The van der Waals surface area contributed by atoms with Gasteiger partial charge in [-0.25, -0.2) is 0 Å². The largest absolute Gasteiger partial charge is 0.349 e. The van der Waals surface area contributed by atoms with Crippen molar-refractivity contribution in [2.45, 2.75) is 44.7 Å². The lowest BCUT2D eigenvalue weighted by Crippen LogP contribution is -2.47. The highest BCUT2D eigenvalue weighted by Crippen LogP contribution is 2.26. The van der Waals surface area contributed by atoms with E-state index in [0.29, 0.717) is 17.6 Å². The molecule has 2 atom stereocenters. The number of H-pyrrole nitrogens is 1. The lowest BCUT2D eigenvalue weighted by molar-refractivity contribution is 0.0895. The Morgan fingerprint density at radius 1 is 1.50 bits per heavy atom. The molecule has 5 heteroatoms. The quantitative estimate of drug-likeness (QED) is 0.823. The molecule has 3 rings (SSSR count). The van der Waals surface area contributed by atoms with E-state index in [4.69, 9.17) is 0 Å². The summed E-state index contributed by atoms with van der Waals surface area (Å²) in [4.78, 5) is 14.7. The highest BCUT2D eigenvalue weighted by atomic mass is 16.1. The molecule has 18 heavy (non-hydrogen) atoms. The van der Waals surface area contributed by atoms with Gasteiger partial charge in [0.25, 0.3) is 5.91 Å². The van der Waals surface area contributed by atoms with E-state index in [0.717, 1.165) is 25.1 Å². The zero-order valence-corrected chi connectivity index (χ0v) is 10.8. The first kappa shape index (κ1) is 11.7. The van der Waals surface area contributed by atoms with E-state index in [9.17, 15) is 4.79 Å².